The van der Waals surface area contributed by atoms with Crippen LogP contribution in [0.2, 0.25) is 0 Å². The predicted octanol–water partition coefficient (Wildman–Crippen LogP) is 4.86. The molecular formula is C30H28F5N3O5. The molecule has 2 aromatic carbocycles. The highest BCUT2D eigenvalue weighted by Gasteiger charge is 2.59. The largest absolute Gasteiger partial charge is 0.488 e. The van der Waals surface area contributed by atoms with Gasteiger partial charge in [-0.25, -0.2) is 13.8 Å². The molecule has 1 amide bonds. The summed E-state index contributed by atoms with van der Waals surface area (Å²) in [6.45, 7) is -0.219. The number of pyridine rings is 1. The zero-order valence-corrected chi connectivity index (χ0v) is 22.9. The normalized spacial score (nSPS) is 21.0. The monoisotopic (exact) mass is 605 g/mol. The lowest BCUT2D eigenvalue weighted by atomic mass is 9.88. The number of carbonyl (C=O) groups is 1. The van der Waals surface area contributed by atoms with Crippen LogP contribution in [0.4, 0.5) is 22.0 Å². The first-order valence-corrected chi connectivity index (χ1v) is 13.7. The van der Waals surface area contributed by atoms with E-state index in [0.29, 0.717) is 11.5 Å². The lowest BCUT2D eigenvalue weighted by Crippen LogP contribution is -2.52. The third-order valence-corrected chi connectivity index (χ3v) is 7.58. The highest BCUT2D eigenvalue weighted by molar-refractivity contribution is 5.95. The summed E-state index contributed by atoms with van der Waals surface area (Å²) < 4.78 is 87.1. The van der Waals surface area contributed by atoms with Crippen LogP contribution in [0.25, 0.3) is 11.3 Å². The van der Waals surface area contributed by atoms with Crippen molar-refractivity contribution in [3.05, 3.63) is 70.9 Å². The van der Waals surface area contributed by atoms with Crippen LogP contribution in [-0.4, -0.2) is 47.5 Å². The maximum absolute atomic E-state index is 14.1. The Morgan fingerprint density at radius 2 is 1.72 bits per heavy atom. The van der Waals surface area contributed by atoms with Crippen molar-refractivity contribution in [1.29, 1.82) is 0 Å². The number of benzene rings is 2. The van der Waals surface area contributed by atoms with E-state index in [4.69, 9.17) is 19.9 Å². The number of nitrogens with one attached hydrogen (secondary N) is 1. The lowest BCUT2D eigenvalue weighted by molar-refractivity contribution is -0.191. The van der Waals surface area contributed by atoms with Crippen LogP contribution in [0.1, 0.15) is 54.2 Å². The molecule has 2 saturated carbocycles. The van der Waals surface area contributed by atoms with Gasteiger partial charge in [0.2, 0.25) is 0 Å². The Hall–Kier alpha value is -3.97. The van der Waals surface area contributed by atoms with E-state index in [1.54, 1.807) is 18.2 Å². The third-order valence-electron chi connectivity index (χ3n) is 7.58. The van der Waals surface area contributed by atoms with Crippen molar-refractivity contribution in [3.63, 3.8) is 0 Å². The maximum atomic E-state index is 14.1. The Kier molecular flexibility index (Phi) is 7.00. The Morgan fingerprint density at radius 3 is 2.35 bits per heavy atom. The Labute approximate surface area is 243 Å². The average molecular weight is 606 g/mol. The van der Waals surface area contributed by atoms with E-state index in [1.807, 2.05) is 0 Å². The van der Waals surface area contributed by atoms with Gasteiger partial charge in [-0.05, 0) is 75.1 Å². The first-order chi connectivity index (χ1) is 20.2. The van der Waals surface area contributed by atoms with Crippen LogP contribution in [0.3, 0.4) is 0 Å². The van der Waals surface area contributed by atoms with E-state index in [-0.39, 0.29) is 40.5 Å². The van der Waals surface area contributed by atoms with Gasteiger partial charge >= 0.3 is 6.18 Å². The van der Waals surface area contributed by atoms with E-state index in [2.05, 4.69) is 10.3 Å². The zero-order valence-electron chi connectivity index (χ0n) is 22.9. The van der Waals surface area contributed by atoms with E-state index >= 15 is 0 Å². The third kappa shape index (κ3) is 5.70. The van der Waals surface area contributed by atoms with Crippen molar-refractivity contribution in [2.45, 2.75) is 62.1 Å². The highest BCUT2D eigenvalue weighted by Crippen LogP contribution is 2.49. The number of nitrogens with two attached hydrogens (primary N) is 1. The fourth-order valence-corrected chi connectivity index (χ4v) is 4.64. The number of halogens is 5. The molecule has 3 aliphatic rings. The van der Waals surface area contributed by atoms with Gasteiger partial charge in [0, 0.05) is 16.7 Å². The van der Waals surface area contributed by atoms with Crippen LogP contribution in [0.15, 0.2) is 42.5 Å². The molecule has 6 rings (SSSR count). The van der Waals surface area contributed by atoms with E-state index < -0.39 is 53.6 Å². The molecule has 2 aliphatic carbocycles. The number of hydrogen-bond acceptors (Lipinski definition) is 7. The van der Waals surface area contributed by atoms with Crippen molar-refractivity contribution in [1.82, 2.24) is 10.3 Å². The first-order valence-electron chi connectivity index (χ1n) is 13.7. The number of carbonyl (C=O) groups excluding carboxylic acids is 1. The molecule has 8 nitrogen and oxygen atoms in total. The number of alkyl halides is 3. The molecular weight excluding hydrogens is 577 g/mol. The molecule has 43 heavy (non-hydrogen) atoms. The van der Waals surface area contributed by atoms with Gasteiger partial charge < -0.3 is 30.4 Å². The molecule has 0 bridgehead atoms. The van der Waals surface area contributed by atoms with Gasteiger partial charge in [0.25, 0.3) is 5.91 Å². The van der Waals surface area contributed by atoms with Crippen molar-refractivity contribution >= 4 is 5.91 Å². The van der Waals surface area contributed by atoms with Crippen LogP contribution >= 0.6 is 0 Å². The fraction of sp³-hybridized carbons (Fsp3) is 0.400. The van der Waals surface area contributed by atoms with Crippen molar-refractivity contribution in [2.24, 2.45) is 5.73 Å². The highest BCUT2D eigenvalue weighted by atomic mass is 19.4. The molecule has 4 N–H and O–H groups in total. The second-order valence-electron chi connectivity index (χ2n) is 11.4. The van der Waals surface area contributed by atoms with Gasteiger partial charge in [-0.1, -0.05) is 0 Å². The molecule has 1 aromatic heterocycles. The molecule has 228 valence electrons. The number of aromatic nitrogens is 1. The molecule has 2 atom stereocenters. The standard InChI is InChI=1S/C30H28F5N3O5/c1-28(40,13-37-27(39)16-3-9-22(42-17-4-5-17)23(11-16)43-18-6-7-18)24-12-19-26(41-14-29(19,36)30(33,34)35)25(38-24)15-2-8-20(31)21(32)10-15/h2-3,8-12,17-18,40H,4-7,13-14,36H2,1H3,(H,37,39). The number of aliphatic hydroxyl groups is 1. The van der Waals surface area contributed by atoms with E-state index in [9.17, 15) is 31.9 Å². The molecule has 3 aromatic rings. The van der Waals surface area contributed by atoms with E-state index in [1.165, 1.54) is 6.92 Å². The van der Waals surface area contributed by atoms with Crippen LogP contribution in [-0.2, 0) is 11.1 Å². The quantitative estimate of drug-likeness (QED) is 0.299. The molecule has 0 saturated heterocycles. The van der Waals surface area contributed by atoms with Gasteiger partial charge in [-0.3, -0.25) is 4.79 Å². The predicted molar refractivity (Wildman–Crippen MR) is 143 cm³/mol. The molecule has 2 fully saturated rings. The molecule has 0 spiro atoms. The minimum Gasteiger partial charge on any atom is -0.488 e. The fourth-order valence-electron chi connectivity index (χ4n) is 4.64. The number of fused-ring (bicyclic) bond motifs is 1. The molecule has 2 heterocycles. The summed E-state index contributed by atoms with van der Waals surface area (Å²) >= 11 is 0. The Bertz CT molecular complexity index is 1590. The second kappa shape index (κ2) is 10.3. The molecule has 13 heteroatoms. The second-order valence-corrected chi connectivity index (χ2v) is 11.4. The van der Waals surface area contributed by atoms with Gasteiger partial charge in [-0.15, -0.1) is 0 Å². The van der Waals surface area contributed by atoms with Gasteiger partial charge in [0.15, 0.2) is 34.4 Å². The van der Waals surface area contributed by atoms with Gasteiger partial charge in [-0.2, -0.15) is 13.2 Å². The smallest absolute Gasteiger partial charge is 0.414 e. The van der Waals surface area contributed by atoms with Crippen LogP contribution < -0.4 is 25.3 Å². The topological polar surface area (TPSA) is 116 Å². The summed E-state index contributed by atoms with van der Waals surface area (Å²) in [5.41, 5.74) is -0.223. The first kappa shape index (κ1) is 29.1. The summed E-state index contributed by atoms with van der Waals surface area (Å²) in [4.78, 5) is 17.4. The Morgan fingerprint density at radius 1 is 1.05 bits per heavy atom. The van der Waals surface area contributed by atoms with Gasteiger partial charge in [0.1, 0.15) is 17.9 Å². The lowest BCUT2D eigenvalue weighted by Gasteiger charge is -2.28. The number of ether oxygens (including phenoxy) is 3. The summed E-state index contributed by atoms with van der Waals surface area (Å²) in [6, 6.07) is 8.34. The summed E-state index contributed by atoms with van der Waals surface area (Å²) in [7, 11) is 0. The molecule has 0 radical (unpaired) electrons. The minimum absolute atomic E-state index is 0.0469. The van der Waals surface area contributed by atoms with E-state index in [0.717, 1.165) is 49.9 Å². The average Bonchev–Trinajstić information content (AvgIpc) is 3.89. The number of rotatable bonds is 9. The maximum Gasteiger partial charge on any atom is 0.414 e. The summed E-state index contributed by atoms with van der Waals surface area (Å²) in [6.07, 6.45) is -1.13. The number of hydrogen-bond donors (Lipinski definition) is 3. The van der Waals surface area contributed by atoms with Crippen LogP contribution in [0, 0.1) is 11.6 Å². The van der Waals surface area contributed by atoms with Gasteiger partial charge in [0.05, 0.1) is 24.4 Å². The van der Waals surface area contributed by atoms with Crippen molar-refractivity contribution in [2.75, 3.05) is 13.2 Å². The number of nitrogens with zero attached hydrogens (tertiary/aromatic N) is 1. The summed E-state index contributed by atoms with van der Waals surface area (Å²) in [5, 5.41) is 14.0. The zero-order chi connectivity index (χ0) is 30.7. The molecule has 1 aliphatic heterocycles. The Balaban J connectivity index is 1.30. The van der Waals surface area contributed by atoms with Crippen molar-refractivity contribution < 1.29 is 46.1 Å². The molecule has 2 unspecified atom stereocenters. The summed E-state index contributed by atoms with van der Waals surface area (Å²) in [5.74, 6) is -2.44. The van der Waals surface area contributed by atoms with Crippen molar-refractivity contribution in [3.8, 4) is 28.5 Å². The SMILES string of the molecule is CC(O)(CNC(=O)c1ccc(OC2CC2)c(OC2CC2)c1)c1cc2c(c(-c3ccc(F)c(F)c3)n1)OCC2(N)C(F)(F)F. The van der Waals surface area contributed by atoms with Crippen LogP contribution in [0.5, 0.6) is 17.2 Å². The minimum atomic E-state index is -4.96. The number of amides is 1.